The molecule has 1 saturated heterocycles. The van der Waals surface area contributed by atoms with E-state index >= 15 is 0 Å². The lowest BCUT2D eigenvalue weighted by atomic mass is 10.2. The number of amides is 1. The van der Waals surface area contributed by atoms with Crippen LogP contribution in [-0.2, 0) is 4.79 Å². The average Bonchev–Trinajstić information content (AvgIpc) is 2.94. The van der Waals surface area contributed by atoms with Gasteiger partial charge in [-0.15, -0.1) is 0 Å². The molecular weight excluding hydrogens is 297 g/mol. The van der Waals surface area contributed by atoms with Crippen LogP contribution in [0.3, 0.4) is 0 Å². The summed E-state index contributed by atoms with van der Waals surface area (Å²) >= 11 is 12.1. The number of carbonyl (C=O) groups excluding carboxylic acids is 1. The summed E-state index contributed by atoms with van der Waals surface area (Å²) in [5.74, 6) is -0.0891. The van der Waals surface area contributed by atoms with Gasteiger partial charge >= 0.3 is 0 Å². The van der Waals surface area contributed by atoms with Gasteiger partial charge in [0, 0.05) is 12.6 Å². The van der Waals surface area contributed by atoms with E-state index < -0.39 is 0 Å². The second-order valence-electron chi connectivity index (χ2n) is 4.85. The minimum Gasteiger partial charge on any atom is -0.322 e. The molecule has 0 saturated carbocycles. The fourth-order valence-electron chi connectivity index (χ4n) is 2.43. The Labute approximate surface area is 129 Å². The zero-order valence-corrected chi connectivity index (χ0v) is 13.0. The first-order valence-electron chi connectivity index (χ1n) is 6.80. The van der Waals surface area contributed by atoms with Gasteiger partial charge in [0.15, 0.2) is 0 Å². The van der Waals surface area contributed by atoms with Gasteiger partial charge in [-0.05, 0) is 31.6 Å². The zero-order valence-electron chi connectivity index (χ0n) is 11.5. The maximum absolute atomic E-state index is 12.2. The number of hydrogen-bond donors (Lipinski definition) is 2. The van der Waals surface area contributed by atoms with Crippen molar-refractivity contribution in [2.45, 2.75) is 19.4 Å². The van der Waals surface area contributed by atoms with Crippen LogP contribution in [0.5, 0.6) is 0 Å². The van der Waals surface area contributed by atoms with Crippen LogP contribution in [0, 0.1) is 0 Å². The number of nitrogens with zero attached hydrogens (tertiary/aromatic N) is 1. The molecular formula is C14H19Cl2N3O. The first kappa shape index (κ1) is 15.6. The third kappa shape index (κ3) is 3.85. The summed E-state index contributed by atoms with van der Waals surface area (Å²) in [7, 11) is 0. The molecule has 0 radical (unpaired) electrons. The van der Waals surface area contributed by atoms with Gasteiger partial charge in [0.2, 0.25) is 5.91 Å². The highest BCUT2D eigenvalue weighted by Crippen LogP contribution is 2.29. The third-order valence-corrected chi connectivity index (χ3v) is 4.16. The van der Waals surface area contributed by atoms with Crippen LogP contribution in [-0.4, -0.2) is 43.0 Å². The van der Waals surface area contributed by atoms with Crippen molar-refractivity contribution >= 4 is 34.8 Å². The maximum atomic E-state index is 12.2. The normalized spacial score (nSPS) is 18.5. The fraction of sp³-hybridized carbons (Fsp3) is 0.500. The molecule has 1 unspecified atom stereocenters. The number of para-hydroxylation sites is 1. The Hall–Kier alpha value is -0.810. The van der Waals surface area contributed by atoms with Crippen LogP contribution >= 0.6 is 23.2 Å². The Morgan fingerprint density at radius 2 is 2.15 bits per heavy atom. The first-order valence-corrected chi connectivity index (χ1v) is 7.56. The van der Waals surface area contributed by atoms with Crippen molar-refractivity contribution in [1.82, 2.24) is 10.2 Å². The summed E-state index contributed by atoms with van der Waals surface area (Å²) < 4.78 is 0. The van der Waals surface area contributed by atoms with Gasteiger partial charge in [0.25, 0.3) is 0 Å². The van der Waals surface area contributed by atoms with E-state index in [-0.39, 0.29) is 5.91 Å². The smallest absolute Gasteiger partial charge is 0.238 e. The number of anilines is 1. The van der Waals surface area contributed by atoms with Gasteiger partial charge in [-0.3, -0.25) is 9.69 Å². The molecule has 20 heavy (non-hydrogen) atoms. The van der Waals surface area contributed by atoms with E-state index in [4.69, 9.17) is 23.2 Å². The molecule has 1 aliphatic heterocycles. The fourth-order valence-corrected chi connectivity index (χ4v) is 2.92. The average molecular weight is 316 g/mol. The molecule has 2 N–H and O–H groups in total. The molecule has 1 aliphatic rings. The van der Waals surface area contributed by atoms with Gasteiger partial charge in [-0.25, -0.2) is 0 Å². The zero-order chi connectivity index (χ0) is 14.5. The molecule has 1 aromatic rings. The van der Waals surface area contributed by atoms with Crippen molar-refractivity contribution in [2.24, 2.45) is 0 Å². The van der Waals surface area contributed by atoms with E-state index in [2.05, 4.69) is 22.5 Å². The molecule has 1 fully saturated rings. The molecule has 0 aliphatic carbocycles. The minimum atomic E-state index is -0.0891. The molecule has 0 spiro atoms. The summed E-state index contributed by atoms with van der Waals surface area (Å²) in [4.78, 5) is 14.3. The SMILES string of the molecule is CCN(CC(=O)Nc1c(Cl)cccc1Cl)C1CCNC1. The van der Waals surface area contributed by atoms with E-state index in [1.807, 2.05) is 0 Å². The van der Waals surface area contributed by atoms with Crippen molar-refractivity contribution < 1.29 is 4.79 Å². The highest BCUT2D eigenvalue weighted by Gasteiger charge is 2.23. The number of hydrogen-bond acceptors (Lipinski definition) is 3. The molecule has 4 nitrogen and oxygen atoms in total. The molecule has 6 heteroatoms. The monoisotopic (exact) mass is 315 g/mol. The van der Waals surface area contributed by atoms with Gasteiger partial charge in [-0.1, -0.05) is 36.2 Å². The van der Waals surface area contributed by atoms with Gasteiger partial charge in [0.1, 0.15) is 0 Å². The summed E-state index contributed by atoms with van der Waals surface area (Å²) in [6, 6.07) is 5.60. The van der Waals surface area contributed by atoms with E-state index in [0.717, 1.165) is 26.1 Å². The van der Waals surface area contributed by atoms with Gasteiger partial charge < -0.3 is 10.6 Å². The lowest BCUT2D eigenvalue weighted by Crippen LogP contribution is -2.41. The Bertz CT molecular complexity index is 455. The number of benzene rings is 1. The predicted octanol–water partition coefficient (Wildman–Crippen LogP) is 2.62. The highest BCUT2D eigenvalue weighted by molar-refractivity contribution is 6.39. The first-order chi connectivity index (χ1) is 9.61. The lowest BCUT2D eigenvalue weighted by Gasteiger charge is -2.26. The van der Waals surface area contributed by atoms with Crippen LogP contribution in [0.4, 0.5) is 5.69 Å². The summed E-state index contributed by atoms with van der Waals surface area (Å²) in [6.45, 7) is 5.21. The van der Waals surface area contributed by atoms with Crippen LogP contribution in [0.15, 0.2) is 18.2 Å². The lowest BCUT2D eigenvalue weighted by molar-refractivity contribution is -0.117. The van der Waals surface area contributed by atoms with E-state index in [1.54, 1.807) is 18.2 Å². The summed E-state index contributed by atoms with van der Waals surface area (Å²) in [5, 5.41) is 7.02. The molecule has 0 aromatic heterocycles. The molecule has 1 amide bonds. The Morgan fingerprint density at radius 1 is 1.45 bits per heavy atom. The number of carbonyl (C=O) groups is 1. The van der Waals surface area contributed by atoms with Crippen LogP contribution in [0.1, 0.15) is 13.3 Å². The molecule has 0 bridgehead atoms. The maximum Gasteiger partial charge on any atom is 0.238 e. The molecule has 110 valence electrons. The third-order valence-electron chi connectivity index (χ3n) is 3.53. The highest BCUT2D eigenvalue weighted by atomic mass is 35.5. The van der Waals surface area contributed by atoms with E-state index in [0.29, 0.717) is 28.3 Å². The van der Waals surface area contributed by atoms with Crippen LogP contribution < -0.4 is 10.6 Å². The van der Waals surface area contributed by atoms with Crippen molar-refractivity contribution in [1.29, 1.82) is 0 Å². The predicted molar refractivity (Wildman–Crippen MR) is 83.6 cm³/mol. The quantitative estimate of drug-likeness (QED) is 0.878. The molecule has 2 rings (SSSR count). The number of halogens is 2. The minimum absolute atomic E-state index is 0.0891. The van der Waals surface area contributed by atoms with Crippen molar-refractivity contribution in [2.75, 3.05) is 31.5 Å². The van der Waals surface area contributed by atoms with Gasteiger partial charge in [0.05, 0.1) is 22.3 Å². The van der Waals surface area contributed by atoms with E-state index in [1.165, 1.54) is 0 Å². The van der Waals surface area contributed by atoms with Crippen molar-refractivity contribution in [3.8, 4) is 0 Å². The largest absolute Gasteiger partial charge is 0.322 e. The van der Waals surface area contributed by atoms with Crippen LogP contribution in [0.2, 0.25) is 10.0 Å². The second-order valence-corrected chi connectivity index (χ2v) is 5.67. The number of nitrogens with one attached hydrogen (secondary N) is 2. The Kier molecular flexibility index (Phi) is 5.66. The Balaban J connectivity index is 1.97. The standard InChI is InChI=1S/C14H19Cl2N3O/c1-2-19(10-6-7-17-8-10)9-13(20)18-14-11(15)4-3-5-12(14)16/h3-5,10,17H,2,6-9H2,1H3,(H,18,20). The molecule has 1 heterocycles. The number of rotatable bonds is 5. The van der Waals surface area contributed by atoms with Crippen molar-refractivity contribution in [3.63, 3.8) is 0 Å². The molecule has 1 aromatic carbocycles. The summed E-state index contributed by atoms with van der Waals surface area (Å²) in [6.07, 6.45) is 1.08. The second kappa shape index (κ2) is 7.27. The molecule has 1 atom stereocenters. The van der Waals surface area contributed by atoms with E-state index in [9.17, 15) is 4.79 Å². The van der Waals surface area contributed by atoms with Gasteiger partial charge in [-0.2, -0.15) is 0 Å². The Morgan fingerprint density at radius 3 is 2.70 bits per heavy atom. The number of likely N-dealkylation sites (N-methyl/N-ethyl adjacent to an activating group) is 1. The topological polar surface area (TPSA) is 44.4 Å². The summed E-state index contributed by atoms with van der Waals surface area (Å²) in [5.41, 5.74) is 0.487. The van der Waals surface area contributed by atoms with Crippen LogP contribution in [0.25, 0.3) is 0 Å². The van der Waals surface area contributed by atoms with Crippen molar-refractivity contribution in [3.05, 3.63) is 28.2 Å².